The number of halogens is 1. The fraction of sp³-hybridized carbons (Fsp3) is 0. The van der Waals surface area contributed by atoms with Crippen molar-refractivity contribution in [3.05, 3.63) is 16.8 Å². The van der Waals surface area contributed by atoms with E-state index >= 15 is 0 Å². The van der Waals surface area contributed by atoms with Gasteiger partial charge in [0.15, 0.2) is 0 Å². The average molecular weight is 201 g/mol. The van der Waals surface area contributed by atoms with Crippen LogP contribution in [0.25, 0.3) is 0 Å². The SMILES string of the molecule is Cl.O=S(=O)(O)c1ccsc1. The molecule has 0 bridgehead atoms. The molecule has 1 heterocycles. The van der Waals surface area contributed by atoms with Crippen LogP contribution < -0.4 is 0 Å². The molecular weight excluding hydrogens is 196 g/mol. The Morgan fingerprint density at radius 1 is 1.50 bits per heavy atom. The number of rotatable bonds is 1. The van der Waals surface area contributed by atoms with E-state index in [2.05, 4.69) is 0 Å². The first-order valence-electron chi connectivity index (χ1n) is 2.10. The lowest BCUT2D eigenvalue weighted by molar-refractivity contribution is 0.483. The Balaban J connectivity index is 0.000000810. The quantitative estimate of drug-likeness (QED) is 0.698. The first-order valence-corrected chi connectivity index (χ1v) is 4.48. The molecule has 0 aliphatic heterocycles. The van der Waals surface area contributed by atoms with Gasteiger partial charge in [0, 0.05) is 5.38 Å². The van der Waals surface area contributed by atoms with Crippen LogP contribution >= 0.6 is 23.7 Å². The summed E-state index contributed by atoms with van der Waals surface area (Å²) in [6.07, 6.45) is 0. The Kier molecular flexibility index (Phi) is 3.30. The highest BCUT2D eigenvalue weighted by atomic mass is 35.5. The van der Waals surface area contributed by atoms with Crippen molar-refractivity contribution in [3.63, 3.8) is 0 Å². The summed E-state index contributed by atoms with van der Waals surface area (Å²) < 4.78 is 28.9. The zero-order valence-corrected chi connectivity index (χ0v) is 7.17. The summed E-state index contributed by atoms with van der Waals surface area (Å²) in [4.78, 5) is -0.0347. The van der Waals surface area contributed by atoms with E-state index in [1.54, 1.807) is 5.38 Å². The van der Waals surface area contributed by atoms with Gasteiger partial charge in [-0.3, -0.25) is 4.55 Å². The molecule has 0 aliphatic carbocycles. The van der Waals surface area contributed by atoms with Crippen molar-refractivity contribution in [2.24, 2.45) is 0 Å². The summed E-state index contributed by atoms with van der Waals surface area (Å²) in [7, 11) is -3.95. The van der Waals surface area contributed by atoms with E-state index in [0.717, 1.165) is 0 Å². The molecule has 0 spiro atoms. The molecule has 6 heteroatoms. The van der Waals surface area contributed by atoms with Gasteiger partial charge in [0.25, 0.3) is 10.1 Å². The second-order valence-corrected chi connectivity index (χ2v) is 3.64. The molecule has 0 radical (unpaired) electrons. The molecule has 3 nitrogen and oxygen atoms in total. The lowest BCUT2D eigenvalue weighted by atomic mass is 10.7. The van der Waals surface area contributed by atoms with Crippen LogP contribution in [0.3, 0.4) is 0 Å². The fourth-order valence-corrected chi connectivity index (χ4v) is 1.89. The highest BCUT2D eigenvalue weighted by molar-refractivity contribution is 7.86. The van der Waals surface area contributed by atoms with Gasteiger partial charge in [-0.2, -0.15) is 19.8 Å². The first kappa shape index (κ1) is 9.90. The lowest BCUT2D eigenvalue weighted by Crippen LogP contribution is -1.94. The van der Waals surface area contributed by atoms with Crippen LogP contribution in [0.4, 0.5) is 0 Å². The van der Waals surface area contributed by atoms with Crippen molar-refractivity contribution in [1.82, 2.24) is 0 Å². The van der Waals surface area contributed by atoms with E-state index in [4.69, 9.17) is 4.55 Å². The van der Waals surface area contributed by atoms with Gasteiger partial charge >= 0.3 is 0 Å². The Morgan fingerprint density at radius 2 is 2.10 bits per heavy atom. The molecule has 0 amide bonds. The predicted molar refractivity (Wildman–Crippen MR) is 41.4 cm³/mol. The minimum Gasteiger partial charge on any atom is -0.282 e. The Bertz CT molecular complexity index is 275. The molecule has 1 aromatic heterocycles. The van der Waals surface area contributed by atoms with Crippen molar-refractivity contribution in [2.45, 2.75) is 4.90 Å². The van der Waals surface area contributed by atoms with Crippen molar-refractivity contribution in [3.8, 4) is 0 Å². The summed E-state index contributed by atoms with van der Waals surface area (Å²) in [5.41, 5.74) is 0. The summed E-state index contributed by atoms with van der Waals surface area (Å²) in [6, 6.07) is 1.35. The topological polar surface area (TPSA) is 54.4 Å². The third-order valence-corrected chi connectivity index (χ3v) is 2.48. The smallest absolute Gasteiger partial charge is 0.282 e. The monoisotopic (exact) mass is 200 g/mol. The van der Waals surface area contributed by atoms with E-state index in [9.17, 15) is 8.42 Å². The van der Waals surface area contributed by atoms with Gasteiger partial charge in [-0.1, -0.05) is 0 Å². The third kappa shape index (κ3) is 2.26. The van der Waals surface area contributed by atoms with Crippen LogP contribution in [0.2, 0.25) is 0 Å². The molecule has 1 aromatic rings. The van der Waals surface area contributed by atoms with Crippen LogP contribution in [0.1, 0.15) is 0 Å². The van der Waals surface area contributed by atoms with Crippen LogP contribution in [-0.4, -0.2) is 13.0 Å². The molecule has 0 saturated heterocycles. The van der Waals surface area contributed by atoms with E-state index in [-0.39, 0.29) is 17.3 Å². The normalized spacial score (nSPS) is 10.5. The molecule has 0 aliphatic rings. The van der Waals surface area contributed by atoms with Crippen molar-refractivity contribution in [1.29, 1.82) is 0 Å². The molecule has 58 valence electrons. The minimum atomic E-state index is -3.95. The molecule has 0 fully saturated rings. The van der Waals surface area contributed by atoms with E-state index in [1.807, 2.05) is 0 Å². The van der Waals surface area contributed by atoms with Gasteiger partial charge in [0.05, 0.1) is 0 Å². The van der Waals surface area contributed by atoms with Gasteiger partial charge in [0.2, 0.25) is 0 Å². The highest BCUT2D eigenvalue weighted by Gasteiger charge is 2.07. The van der Waals surface area contributed by atoms with Crippen molar-refractivity contribution >= 4 is 33.9 Å². The first-order chi connectivity index (χ1) is 4.11. The molecule has 0 atom stereocenters. The van der Waals surface area contributed by atoms with Gasteiger partial charge in [0.1, 0.15) is 4.90 Å². The van der Waals surface area contributed by atoms with E-state index in [1.165, 1.54) is 22.8 Å². The lowest BCUT2D eigenvalue weighted by Gasteiger charge is -1.85. The molecule has 0 saturated carbocycles. The standard InChI is InChI=1S/C4H4O3S2.ClH/c5-9(6,7)4-1-2-8-3-4;/h1-3H,(H,5,6,7);1H. The van der Waals surface area contributed by atoms with Crippen LogP contribution in [0.15, 0.2) is 21.7 Å². The van der Waals surface area contributed by atoms with Crippen molar-refractivity contribution < 1.29 is 13.0 Å². The predicted octanol–water partition coefficient (Wildman–Crippen LogP) is 1.42. The van der Waals surface area contributed by atoms with Gasteiger partial charge in [-0.05, 0) is 11.4 Å². The summed E-state index contributed by atoms with van der Waals surface area (Å²) >= 11 is 1.23. The summed E-state index contributed by atoms with van der Waals surface area (Å²) in [6.45, 7) is 0. The second kappa shape index (κ2) is 3.34. The molecular formula is C4H5ClO3S2. The van der Waals surface area contributed by atoms with Crippen molar-refractivity contribution in [2.75, 3.05) is 0 Å². The third-order valence-electron chi connectivity index (χ3n) is 0.793. The maximum Gasteiger partial charge on any atom is 0.295 e. The molecule has 1 N–H and O–H groups in total. The molecule has 10 heavy (non-hydrogen) atoms. The number of hydrogen-bond donors (Lipinski definition) is 1. The zero-order valence-electron chi connectivity index (χ0n) is 4.72. The summed E-state index contributed by atoms with van der Waals surface area (Å²) in [5, 5.41) is 2.96. The number of hydrogen-bond acceptors (Lipinski definition) is 3. The molecule has 1 rings (SSSR count). The minimum absolute atomic E-state index is 0. The maximum absolute atomic E-state index is 10.3. The van der Waals surface area contributed by atoms with Crippen LogP contribution in [-0.2, 0) is 10.1 Å². The second-order valence-electron chi connectivity index (χ2n) is 1.43. The van der Waals surface area contributed by atoms with Gasteiger partial charge in [-0.25, -0.2) is 0 Å². The average Bonchev–Trinajstić information content (AvgIpc) is 2.08. The fourth-order valence-electron chi connectivity index (χ4n) is 0.399. The van der Waals surface area contributed by atoms with Gasteiger partial charge < -0.3 is 0 Å². The van der Waals surface area contributed by atoms with Crippen LogP contribution in [0.5, 0.6) is 0 Å². The highest BCUT2D eigenvalue weighted by Crippen LogP contribution is 2.11. The van der Waals surface area contributed by atoms with Crippen LogP contribution in [0, 0.1) is 0 Å². The van der Waals surface area contributed by atoms with E-state index in [0.29, 0.717) is 0 Å². The Morgan fingerprint density at radius 3 is 2.30 bits per heavy atom. The zero-order chi connectivity index (χ0) is 6.91. The largest absolute Gasteiger partial charge is 0.295 e. The Labute approximate surface area is 68.9 Å². The Hall–Kier alpha value is -0.100. The molecule has 0 unspecified atom stereocenters. The molecule has 0 aromatic carbocycles. The van der Waals surface area contributed by atoms with E-state index < -0.39 is 10.1 Å². The van der Waals surface area contributed by atoms with Gasteiger partial charge in [-0.15, -0.1) is 12.4 Å². The maximum atomic E-state index is 10.3. The summed E-state index contributed by atoms with van der Waals surface area (Å²) in [5.74, 6) is 0. The number of thiophene rings is 1.